The largest absolute Gasteiger partial charge is 0.456 e. The van der Waals surface area contributed by atoms with E-state index in [1.54, 1.807) is 0 Å². The predicted octanol–water partition coefficient (Wildman–Crippen LogP) is 14.9. The summed E-state index contributed by atoms with van der Waals surface area (Å²) in [5.41, 5.74) is 21.7. The molecule has 0 saturated carbocycles. The van der Waals surface area contributed by atoms with E-state index < -0.39 is 0 Å². The Kier molecular flexibility index (Phi) is 9.43. The third-order valence-corrected chi connectivity index (χ3v) is 16.0. The number of furan rings is 2. The summed E-state index contributed by atoms with van der Waals surface area (Å²) in [5.74, 6) is 0. The lowest BCUT2D eigenvalue weighted by Gasteiger charge is -2.42. The number of hydrogen-bond donors (Lipinski definition) is 0. The number of fused-ring (bicyclic) bond motifs is 12. The third-order valence-electron chi connectivity index (χ3n) is 16.0. The van der Waals surface area contributed by atoms with Gasteiger partial charge in [-0.2, -0.15) is 0 Å². The molecule has 0 bridgehead atoms. The van der Waals surface area contributed by atoms with Crippen LogP contribution < -0.4 is 36.8 Å². The fraction of sp³-hybridized carbons (Fsp3) is 0.273. The average molecular weight is 942 g/mol. The van der Waals surface area contributed by atoms with Gasteiger partial charge in [-0.25, -0.2) is 0 Å². The van der Waals surface area contributed by atoms with Crippen LogP contribution in [0.25, 0.3) is 61.8 Å². The van der Waals surface area contributed by atoms with Crippen molar-refractivity contribution in [3.05, 3.63) is 166 Å². The maximum atomic E-state index is 7.12. The van der Waals surface area contributed by atoms with Gasteiger partial charge in [0, 0.05) is 50.1 Å². The second-order valence-electron chi connectivity index (χ2n) is 25.0. The number of benzene rings is 7. The monoisotopic (exact) mass is 942 g/mol. The standard InChI is InChI=1S/C66H64BN3O2/c1-63(2,3)39-24-28-43(29-25-39)68(44-30-26-40(27-31-44)64(4,5)6)45-32-33-49-52(38-45)69(51-20-17-23-57-59(51)47-19-14-15-21-55(47)71-57)53-36-42(66(10,11)12)37-54-60(53)67(49)50-35-41(65(7,8)9)34-48-58-46-18-13-16-22-56(46)72-62(58)70(54)61(48)50/h14-15,17-38H,13,16H2,1-12H3. The van der Waals surface area contributed by atoms with Crippen LogP contribution in [0.3, 0.4) is 0 Å². The van der Waals surface area contributed by atoms with Gasteiger partial charge in [-0.1, -0.05) is 150 Å². The SMILES string of the molecule is CC(C)(C)c1ccc(N(c2ccc(C(C)(C)C)cc2)c2ccc3c(c2)N(c2cccc4oc5ccccc5c24)c2cc(C(C)(C)C)cc4c2B3c2cc(C(C)(C)C)cc3c5c6c(oc5n-4c23)=CCCC=6)cc1. The number of rotatable bonds is 4. The number of anilines is 6. The van der Waals surface area contributed by atoms with Crippen LogP contribution in [-0.2, 0) is 21.7 Å². The van der Waals surface area contributed by atoms with Crippen LogP contribution in [0.5, 0.6) is 0 Å². The average Bonchev–Trinajstić information content (AvgIpc) is 4.01. The molecule has 358 valence electrons. The summed E-state index contributed by atoms with van der Waals surface area (Å²) in [6.07, 6.45) is 6.70. The lowest BCUT2D eigenvalue weighted by molar-refractivity contribution is 0.554. The Labute approximate surface area is 424 Å². The molecule has 5 nitrogen and oxygen atoms in total. The van der Waals surface area contributed by atoms with Crippen LogP contribution in [0.4, 0.5) is 34.1 Å². The van der Waals surface area contributed by atoms with E-state index in [4.69, 9.17) is 8.83 Å². The highest BCUT2D eigenvalue weighted by Gasteiger charge is 2.45. The van der Waals surface area contributed by atoms with Crippen molar-refractivity contribution in [3.8, 4) is 5.69 Å². The van der Waals surface area contributed by atoms with Gasteiger partial charge in [0.05, 0.1) is 22.0 Å². The summed E-state index contributed by atoms with van der Waals surface area (Å²) in [4.78, 5) is 5.04. The van der Waals surface area contributed by atoms with Crippen LogP contribution in [0.2, 0.25) is 0 Å². The molecule has 0 atom stereocenters. The maximum absolute atomic E-state index is 7.12. The molecule has 3 aromatic heterocycles. The minimum Gasteiger partial charge on any atom is -0.456 e. The van der Waals surface area contributed by atoms with E-state index in [-0.39, 0.29) is 28.4 Å². The zero-order chi connectivity index (χ0) is 50.0. The maximum Gasteiger partial charge on any atom is 0.252 e. The van der Waals surface area contributed by atoms with E-state index >= 15 is 0 Å². The zero-order valence-electron chi connectivity index (χ0n) is 44.0. The first kappa shape index (κ1) is 44.7. The second-order valence-corrected chi connectivity index (χ2v) is 25.0. The highest BCUT2D eigenvalue weighted by molar-refractivity contribution is 7.00. The lowest BCUT2D eigenvalue weighted by Crippen LogP contribution is -2.60. The molecular formula is C66H64BN3O2. The molecule has 10 aromatic rings. The molecular weight excluding hydrogens is 878 g/mol. The normalized spacial score (nSPS) is 14.4. The van der Waals surface area contributed by atoms with Gasteiger partial charge < -0.3 is 18.6 Å². The topological polar surface area (TPSA) is 37.7 Å². The first-order chi connectivity index (χ1) is 34.2. The molecule has 0 saturated heterocycles. The van der Waals surface area contributed by atoms with Gasteiger partial charge in [0.25, 0.3) is 6.71 Å². The molecule has 2 aliphatic heterocycles. The molecule has 0 fully saturated rings. The van der Waals surface area contributed by atoms with Crippen molar-refractivity contribution in [1.29, 1.82) is 0 Å². The molecule has 0 amide bonds. The molecule has 0 spiro atoms. The molecule has 7 aromatic carbocycles. The predicted molar refractivity (Wildman–Crippen MR) is 307 cm³/mol. The summed E-state index contributed by atoms with van der Waals surface area (Å²) < 4.78 is 16.3. The molecule has 0 unspecified atom stereocenters. The lowest BCUT2D eigenvalue weighted by atomic mass is 9.33. The molecule has 0 N–H and O–H groups in total. The van der Waals surface area contributed by atoms with Gasteiger partial charge in [-0.15, -0.1) is 0 Å². The minimum atomic E-state index is -0.176. The number of aromatic nitrogens is 1. The first-order valence-electron chi connectivity index (χ1n) is 26.1. The molecule has 5 heterocycles. The summed E-state index contributed by atoms with van der Waals surface area (Å²) in [6.45, 7) is 27.8. The summed E-state index contributed by atoms with van der Waals surface area (Å²) in [7, 11) is 0. The summed E-state index contributed by atoms with van der Waals surface area (Å²) in [6, 6.07) is 50.8. The highest BCUT2D eigenvalue weighted by atomic mass is 16.3. The Bertz CT molecular complexity index is 3970. The van der Waals surface area contributed by atoms with Gasteiger partial charge in [0.15, 0.2) is 0 Å². The Balaban J connectivity index is 1.17. The fourth-order valence-electron chi connectivity index (χ4n) is 12.1. The van der Waals surface area contributed by atoms with E-state index in [9.17, 15) is 0 Å². The Hall–Kier alpha value is -7.18. The summed E-state index contributed by atoms with van der Waals surface area (Å²) >= 11 is 0. The van der Waals surface area contributed by atoms with E-state index in [2.05, 4.69) is 243 Å². The van der Waals surface area contributed by atoms with E-state index in [0.29, 0.717) is 0 Å². The van der Waals surface area contributed by atoms with Crippen molar-refractivity contribution < 1.29 is 8.83 Å². The van der Waals surface area contributed by atoms with Crippen LogP contribution in [0.1, 0.15) is 118 Å². The van der Waals surface area contributed by atoms with Gasteiger partial charge in [0.1, 0.15) is 16.6 Å². The fourth-order valence-corrected chi connectivity index (χ4v) is 12.1. The van der Waals surface area contributed by atoms with Crippen molar-refractivity contribution in [2.24, 2.45) is 0 Å². The Morgan fingerprint density at radius 1 is 0.458 bits per heavy atom. The number of para-hydroxylation sites is 1. The zero-order valence-corrected chi connectivity index (χ0v) is 44.0. The number of hydrogen-bond acceptors (Lipinski definition) is 4. The third kappa shape index (κ3) is 6.66. The van der Waals surface area contributed by atoms with E-state index in [1.165, 1.54) is 71.5 Å². The van der Waals surface area contributed by atoms with Crippen molar-refractivity contribution >= 4 is 113 Å². The summed E-state index contributed by atoms with van der Waals surface area (Å²) in [5, 5.41) is 5.94. The highest BCUT2D eigenvalue weighted by Crippen LogP contribution is 2.49. The number of nitrogens with zero attached hydrogens (tertiary/aromatic N) is 3. The first-order valence-corrected chi connectivity index (χ1v) is 26.1. The van der Waals surface area contributed by atoms with Crippen molar-refractivity contribution in [2.75, 3.05) is 9.80 Å². The van der Waals surface area contributed by atoms with Crippen LogP contribution in [-0.4, -0.2) is 11.3 Å². The van der Waals surface area contributed by atoms with Crippen LogP contribution >= 0.6 is 0 Å². The molecule has 0 radical (unpaired) electrons. The molecule has 13 rings (SSSR count). The van der Waals surface area contributed by atoms with E-state index in [0.717, 1.165) is 74.3 Å². The van der Waals surface area contributed by atoms with Gasteiger partial charge in [0.2, 0.25) is 5.71 Å². The Morgan fingerprint density at radius 3 is 1.72 bits per heavy atom. The second kappa shape index (κ2) is 15.2. The smallest absolute Gasteiger partial charge is 0.252 e. The molecule has 72 heavy (non-hydrogen) atoms. The molecule has 3 aliphatic rings. The van der Waals surface area contributed by atoms with Crippen molar-refractivity contribution in [1.82, 2.24) is 4.57 Å². The van der Waals surface area contributed by atoms with Crippen LogP contribution in [0.15, 0.2) is 142 Å². The van der Waals surface area contributed by atoms with Gasteiger partial charge in [-0.3, -0.25) is 4.57 Å². The van der Waals surface area contributed by atoms with Crippen molar-refractivity contribution in [3.63, 3.8) is 0 Å². The quantitative estimate of drug-likeness (QED) is 0.165. The Morgan fingerprint density at radius 2 is 1.06 bits per heavy atom. The van der Waals surface area contributed by atoms with Gasteiger partial charge in [-0.05, 0) is 152 Å². The van der Waals surface area contributed by atoms with Crippen molar-refractivity contribution in [2.45, 2.75) is 118 Å². The molecule has 6 heteroatoms. The van der Waals surface area contributed by atoms with E-state index in [1.807, 2.05) is 0 Å². The van der Waals surface area contributed by atoms with Crippen LogP contribution in [0, 0.1) is 0 Å². The minimum absolute atomic E-state index is 0.0225. The van der Waals surface area contributed by atoms with Gasteiger partial charge >= 0.3 is 0 Å². The molecule has 1 aliphatic carbocycles.